The molecule has 3 heterocycles. The largest absolute Gasteiger partial charge is 0.376 e. The van der Waals surface area contributed by atoms with Gasteiger partial charge in [-0.1, -0.05) is 0 Å². The maximum absolute atomic E-state index is 11.6. The lowest BCUT2D eigenvalue weighted by Crippen LogP contribution is -2.42. The Morgan fingerprint density at radius 1 is 1.43 bits per heavy atom. The molecule has 1 aromatic rings. The van der Waals surface area contributed by atoms with Crippen LogP contribution in [0.15, 0.2) is 0 Å². The summed E-state index contributed by atoms with van der Waals surface area (Å²) in [4.78, 5) is 2.28. The van der Waals surface area contributed by atoms with Crippen LogP contribution in [-0.2, 0) is 34.7 Å². The zero-order valence-corrected chi connectivity index (χ0v) is 15.3. The molecule has 7 nitrogen and oxygen atoms in total. The number of hydrogen-bond donors (Lipinski definition) is 0. The SMILES string of the molecule is CC1CN(Cn2nc(CC3CCS(=O)(=O)C3)n(C)c2=S)CCO1. The molecule has 130 valence electrons. The number of rotatable bonds is 4. The second kappa shape index (κ2) is 6.62. The second-order valence-corrected chi connectivity index (χ2v) is 9.22. The Morgan fingerprint density at radius 3 is 2.87 bits per heavy atom. The van der Waals surface area contributed by atoms with Crippen LogP contribution in [0.3, 0.4) is 0 Å². The summed E-state index contributed by atoms with van der Waals surface area (Å²) in [5.74, 6) is 1.60. The fourth-order valence-corrected chi connectivity index (χ4v) is 5.37. The molecule has 9 heteroatoms. The van der Waals surface area contributed by atoms with E-state index in [0.717, 1.165) is 31.9 Å². The van der Waals surface area contributed by atoms with Gasteiger partial charge in [0.2, 0.25) is 0 Å². The number of nitrogens with zero attached hydrogens (tertiary/aromatic N) is 4. The average molecular weight is 361 g/mol. The first-order valence-electron chi connectivity index (χ1n) is 8.01. The summed E-state index contributed by atoms with van der Waals surface area (Å²) >= 11 is 5.49. The maximum Gasteiger partial charge on any atom is 0.198 e. The first-order chi connectivity index (χ1) is 10.8. The molecule has 3 rings (SSSR count). The van der Waals surface area contributed by atoms with Crippen molar-refractivity contribution in [1.82, 2.24) is 19.2 Å². The molecule has 2 atom stereocenters. The van der Waals surface area contributed by atoms with Gasteiger partial charge in [0, 0.05) is 26.6 Å². The lowest BCUT2D eigenvalue weighted by molar-refractivity contribution is -0.0307. The van der Waals surface area contributed by atoms with Gasteiger partial charge in [-0.25, -0.2) is 13.1 Å². The van der Waals surface area contributed by atoms with Crippen molar-refractivity contribution in [3.8, 4) is 0 Å². The van der Waals surface area contributed by atoms with Crippen LogP contribution in [-0.4, -0.2) is 65.0 Å². The number of aromatic nitrogens is 3. The second-order valence-electron chi connectivity index (χ2n) is 6.63. The van der Waals surface area contributed by atoms with Gasteiger partial charge in [-0.15, -0.1) is 0 Å². The Hall–Kier alpha value is -0.770. The van der Waals surface area contributed by atoms with Crippen molar-refractivity contribution in [2.75, 3.05) is 31.2 Å². The first-order valence-corrected chi connectivity index (χ1v) is 10.2. The van der Waals surface area contributed by atoms with Crippen LogP contribution in [0.4, 0.5) is 0 Å². The molecule has 0 N–H and O–H groups in total. The van der Waals surface area contributed by atoms with E-state index in [1.165, 1.54) is 0 Å². The quantitative estimate of drug-likeness (QED) is 0.733. The minimum Gasteiger partial charge on any atom is -0.376 e. The van der Waals surface area contributed by atoms with E-state index in [1.807, 2.05) is 16.3 Å². The minimum absolute atomic E-state index is 0.160. The highest BCUT2D eigenvalue weighted by molar-refractivity contribution is 7.91. The van der Waals surface area contributed by atoms with Gasteiger partial charge in [0.05, 0.1) is 30.9 Å². The predicted octanol–water partition coefficient (Wildman–Crippen LogP) is 0.606. The minimum atomic E-state index is -2.85. The van der Waals surface area contributed by atoms with Crippen molar-refractivity contribution in [2.24, 2.45) is 13.0 Å². The number of ether oxygens (including phenoxy) is 1. The van der Waals surface area contributed by atoms with E-state index in [2.05, 4.69) is 16.9 Å². The Balaban J connectivity index is 1.70. The third-order valence-corrected chi connectivity index (χ3v) is 6.91. The highest BCUT2D eigenvalue weighted by Gasteiger charge is 2.29. The van der Waals surface area contributed by atoms with Crippen molar-refractivity contribution >= 4 is 22.1 Å². The Morgan fingerprint density at radius 2 is 2.22 bits per heavy atom. The molecule has 0 saturated carbocycles. The van der Waals surface area contributed by atoms with Crippen LogP contribution < -0.4 is 0 Å². The van der Waals surface area contributed by atoms with Gasteiger partial charge in [-0.05, 0) is 31.5 Å². The van der Waals surface area contributed by atoms with Crippen molar-refractivity contribution in [3.63, 3.8) is 0 Å². The standard InChI is InChI=1S/C14H24N4O3S2/c1-11-8-17(4-5-21-11)10-18-14(22)16(2)13(15-18)7-12-3-6-23(19,20)9-12/h11-12H,3-10H2,1-2H3. The molecule has 0 aliphatic carbocycles. The summed E-state index contributed by atoms with van der Waals surface area (Å²) in [6.07, 6.45) is 1.62. The van der Waals surface area contributed by atoms with Crippen molar-refractivity contribution < 1.29 is 13.2 Å². The predicted molar refractivity (Wildman–Crippen MR) is 89.5 cm³/mol. The normalized spacial score (nSPS) is 28.3. The third kappa shape index (κ3) is 4.01. The van der Waals surface area contributed by atoms with E-state index in [4.69, 9.17) is 17.0 Å². The van der Waals surface area contributed by atoms with Crippen LogP contribution in [0, 0.1) is 10.7 Å². The summed E-state index contributed by atoms with van der Waals surface area (Å²) in [5, 5.41) is 4.64. The molecular weight excluding hydrogens is 336 g/mol. The van der Waals surface area contributed by atoms with Gasteiger partial charge >= 0.3 is 0 Å². The first kappa shape index (κ1) is 17.1. The smallest absolute Gasteiger partial charge is 0.198 e. The fraction of sp³-hybridized carbons (Fsp3) is 0.857. The van der Waals surface area contributed by atoms with Crippen LogP contribution >= 0.6 is 12.2 Å². The van der Waals surface area contributed by atoms with Crippen LogP contribution in [0.25, 0.3) is 0 Å². The molecule has 2 aliphatic rings. The lowest BCUT2D eigenvalue weighted by atomic mass is 10.1. The number of hydrogen-bond acceptors (Lipinski definition) is 6. The molecule has 0 radical (unpaired) electrons. The highest BCUT2D eigenvalue weighted by Crippen LogP contribution is 2.22. The van der Waals surface area contributed by atoms with E-state index in [0.29, 0.717) is 23.6 Å². The topological polar surface area (TPSA) is 69.4 Å². The number of sulfone groups is 1. The Bertz CT molecular complexity index is 725. The zero-order valence-electron chi connectivity index (χ0n) is 13.6. The van der Waals surface area contributed by atoms with Crippen LogP contribution in [0.5, 0.6) is 0 Å². The summed E-state index contributed by atoms with van der Waals surface area (Å²) in [5.41, 5.74) is 0. The van der Waals surface area contributed by atoms with Gasteiger partial charge in [0.25, 0.3) is 0 Å². The third-order valence-electron chi connectivity index (χ3n) is 4.59. The molecule has 2 saturated heterocycles. The van der Waals surface area contributed by atoms with Gasteiger partial charge in [0.15, 0.2) is 14.6 Å². The molecular formula is C14H24N4O3S2. The summed E-state index contributed by atoms with van der Waals surface area (Å²) in [7, 11) is -0.943. The molecule has 2 unspecified atom stereocenters. The van der Waals surface area contributed by atoms with E-state index in [1.54, 1.807) is 0 Å². The Labute approximate surface area is 142 Å². The molecule has 23 heavy (non-hydrogen) atoms. The lowest BCUT2D eigenvalue weighted by Gasteiger charge is -2.30. The van der Waals surface area contributed by atoms with Gasteiger partial charge in [-0.2, -0.15) is 5.10 Å². The highest BCUT2D eigenvalue weighted by atomic mass is 32.2. The van der Waals surface area contributed by atoms with Gasteiger partial charge < -0.3 is 9.30 Å². The molecule has 1 aromatic heterocycles. The number of morpholine rings is 1. The van der Waals surface area contributed by atoms with E-state index in [-0.39, 0.29) is 17.8 Å². The van der Waals surface area contributed by atoms with Crippen molar-refractivity contribution in [1.29, 1.82) is 0 Å². The molecule has 0 bridgehead atoms. The average Bonchev–Trinajstić information content (AvgIpc) is 2.94. The van der Waals surface area contributed by atoms with Crippen molar-refractivity contribution in [3.05, 3.63) is 10.6 Å². The summed E-state index contributed by atoms with van der Waals surface area (Å²) in [6, 6.07) is 0. The summed E-state index contributed by atoms with van der Waals surface area (Å²) < 4.78 is 33.2. The zero-order chi connectivity index (χ0) is 16.6. The molecule has 0 aromatic carbocycles. The van der Waals surface area contributed by atoms with Crippen LogP contribution in [0.2, 0.25) is 0 Å². The monoisotopic (exact) mass is 360 g/mol. The molecule has 2 fully saturated rings. The molecule has 2 aliphatic heterocycles. The molecule has 0 spiro atoms. The van der Waals surface area contributed by atoms with E-state index < -0.39 is 9.84 Å². The molecule has 0 amide bonds. The van der Waals surface area contributed by atoms with E-state index in [9.17, 15) is 8.42 Å². The van der Waals surface area contributed by atoms with Gasteiger partial charge in [0.1, 0.15) is 5.82 Å². The van der Waals surface area contributed by atoms with E-state index >= 15 is 0 Å². The summed E-state index contributed by atoms with van der Waals surface area (Å²) in [6.45, 7) is 5.20. The Kier molecular flexibility index (Phi) is 4.91. The fourth-order valence-electron chi connectivity index (χ4n) is 3.30. The van der Waals surface area contributed by atoms with Gasteiger partial charge in [-0.3, -0.25) is 4.90 Å². The van der Waals surface area contributed by atoms with Crippen molar-refractivity contribution in [2.45, 2.75) is 32.5 Å². The maximum atomic E-state index is 11.6. The van der Waals surface area contributed by atoms with Crippen LogP contribution in [0.1, 0.15) is 19.2 Å².